The Morgan fingerprint density at radius 2 is 1.15 bits per heavy atom. The summed E-state index contributed by atoms with van der Waals surface area (Å²) in [7, 11) is -2.44. The smallest absolute Gasteiger partial charge is 0.374 e. The van der Waals surface area contributed by atoms with Gasteiger partial charge >= 0.3 is 8.80 Å². The zero-order valence-electron chi connectivity index (χ0n) is 18.3. The van der Waals surface area contributed by atoms with E-state index < -0.39 is 15.2 Å². The first-order chi connectivity index (χ1) is 13.1. The SMILES string of the molecule is CCNC(O)OCCCCCCCCCCC[Si](OCC)(OCC)OCC. The second-order valence-electron chi connectivity index (χ2n) is 6.69. The number of ether oxygens (including phenoxy) is 1. The summed E-state index contributed by atoms with van der Waals surface area (Å²) in [6, 6.07) is 0.932. The third-order valence-corrected chi connectivity index (χ3v) is 7.53. The molecule has 0 aliphatic rings. The van der Waals surface area contributed by atoms with Crippen LogP contribution in [0.25, 0.3) is 0 Å². The van der Waals surface area contributed by atoms with Crippen molar-refractivity contribution in [2.75, 3.05) is 33.0 Å². The summed E-state index contributed by atoms with van der Waals surface area (Å²) >= 11 is 0. The fourth-order valence-corrected chi connectivity index (χ4v) is 5.80. The van der Waals surface area contributed by atoms with Gasteiger partial charge in [-0.25, -0.2) is 0 Å². The van der Waals surface area contributed by atoms with Crippen molar-refractivity contribution in [3.8, 4) is 0 Å². The lowest BCUT2D eigenvalue weighted by atomic mass is 10.1. The lowest BCUT2D eigenvalue weighted by molar-refractivity contribution is -0.120. The van der Waals surface area contributed by atoms with E-state index in [1.165, 1.54) is 44.9 Å². The van der Waals surface area contributed by atoms with E-state index in [1.807, 2.05) is 27.7 Å². The summed E-state index contributed by atoms with van der Waals surface area (Å²) in [6.07, 6.45) is 10.1. The van der Waals surface area contributed by atoms with Gasteiger partial charge in [0.1, 0.15) is 0 Å². The summed E-state index contributed by atoms with van der Waals surface area (Å²) in [5.74, 6) is 0. The minimum Gasteiger partial charge on any atom is -0.374 e. The van der Waals surface area contributed by atoms with Crippen LogP contribution in [-0.2, 0) is 18.0 Å². The van der Waals surface area contributed by atoms with Crippen LogP contribution in [0.1, 0.15) is 85.5 Å². The molecule has 27 heavy (non-hydrogen) atoms. The van der Waals surface area contributed by atoms with Crippen molar-refractivity contribution in [3.63, 3.8) is 0 Å². The van der Waals surface area contributed by atoms with Crippen molar-refractivity contribution in [1.29, 1.82) is 0 Å². The monoisotopic (exact) mass is 407 g/mol. The molecule has 1 atom stereocenters. The Labute approximate surface area is 168 Å². The van der Waals surface area contributed by atoms with Crippen LogP contribution >= 0.6 is 0 Å². The molecule has 1 unspecified atom stereocenters. The topological polar surface area (TPSA) is 69.2 Å². The Balaban J connectivity index is 3.57. The summed E-state index contributed by atoms with van der Waals surface area (Å²) < 4.78 is 22.9. The van der Waals surface area contributed by atoms with Gasteiger partial charge in [0.05, 0.1) is 6.61 Å². The summed E-state index contributed by atoms with van der Waals surface area (Å²) in [5, 5.41) is 12.2. The van der Waals surface area contributed by atoms with Gasteiger partial charge < -0.3 is 23.1 Å². The molecule has 7 heteroatoms. The van der Waals surface area contributed by atoms with E-state index >= 15 is 0 Å². The van der Waals surface area contributed by atoms with Crippen LogP contribution in [-0.4, -0.2) is 53.3 Å². The highest BCUT2D eigenvalue weighted by Gasteiger charge is 2.39. The van der Waals surface area contributed by atoms with Crippen molar-refractivity contribution >= 4 is 8.80 Å². The highest BCUT2D eigenvalue weighted by Crippen LogP contribution is 2.20. The molecule has 0 radical (unpaired) electrons. The number of aliphatic hydroxyl groups excluding tert-OH is 1. The molecule has 6 nitrogen and oxygen atoms in total. The van der Waals surface area contributed by atoms with Crippen molar-refractivity contribution in [2.45, 2.75) is 97.9 Å². The van der Waals surface area contributed by atoms with Crippen LogP contribution in [0.3, 0.4) is 0 Å². The van der Waals surface area contributed by atoms with E-state index in [-0.39, 0.29) is 0 Å². The third kappa shape index (κ3) is 15.6. The average Bonchev–Trinajstić information content (AvgIpc) is 2.63. The molecule has 0 aliphatic heterocycles. The Morgan fingerprint density at radius 3 is 1.59 bits per heavy atom. The molecular weight excluding hydrogens is 362 g/mol. The van der Waals surface area contributed by atoms with Crippen LogP contribution in [0.4, 0.5) is 0 Å². The minimum absolute atomic E-state index is 0.624. The first-order valence-corrected chi connectivity index (χ1v) is 13.0. The number of aliphatic hydroxyl groups is 1. The molecule has 0 heterocycles. The first-order valence-electron chi connectivity index (χ1n) is 11.1. The average molecular weight is 408 g/mol. The maximum Gasteiger partial charge on any atom is 0.500 e. The zero-order chi connectivity index (χ0) is 20.2. The molecular formula is C20H45NO5Si. The molecule has 0 spiro atoms. The van der Waals surface area contributed by atoms with E-state index in [4.69, 9.17) is 18.0 Å². The third-order valence-electron chi connectivity index (χ3n) is 4.37. The molecule has 0 aromatic heterocycles. The molecule has 164 valence electrons. The Bertz CT molecular complexity index is 293. The van der Waals surface area contributed by atoms with Gasteiger partial charge in [-0.3, -0.25) is 5.32 Å². The largest absolute Gasteiger partial charge is 0.500 e. The lowest BCUT2D eigenvalue weighted by Gasteiger charge is -2.28. The highest BCUT2D eigenvalue weighted by molar-refractivity contribution is 6.60. The number of unbranched alkanes of at least 4 members (excludes halogenated alkanes) is 8. The highest BCUT2D eigenvalue weighted by atomic mass is 28.4. The van der Waals surface area contributed by atoms with Crippen LogP contribution in [0.5, 0.6) is 0 Å². The van der Waals surface area contributed by atoms with Crippen LogP contribution in [0, 0.1) is 0 Å². The number of hydrogen-bond acceptors (Lipinski definition) is 6. The van der Waals surface area contributed by atoms with E-state index in [9.17, 15) is 5.11 Å². The maximum absolute atomic E-state index is 9.38. The van der Waals surface area contributed by atoms with Crippen LogP contribution < -0.4 is 5.32 Å². The zero-order valence-corrected chi connectivity index (χ0v) is 19.3. The number of rotatable bonds is 21. The van der Waals surface area contributed by atoms with Crippen molar-refractivity contribution in [1.82, 2.24) is 5.32 Å². The standard InChI is InChI=1S/C20H45NO5Si/c1-5-21-20(22)23-18-16-14-12-10-9-11-13-15-17-19-27(24-6-2,25-7-3)26-8-4/h20-22H,5-19H2,1-4H3. The fourth-order valence-electron chi connectivity index (χ4n) is 3.11. The van der Waals surface area contributed by atoms with E-state index in [0.29, 0.717) is 33.0 Å². The summed E-state index contributed by atoms with van der Waals surface area (Å²) in [6.45, 7) is 11.3. The quantitative estimate of drug-likeness (QED) is 0.166. The molecule has 0 rings (SSSR count). The van der Waals surface area contributed by atoms with Gasteiger partial charge in [-0.15, -0.1) is 0 Å². The van der Waals surface area contributed by atoms with E-state index in [2.05, 4.69) is 5.32 Å². The Kier molecular flexibility index (Phi) is 19.3. The number of nitrogens with one attached hydrogen (secondary N) is 1. The van der Waals surface area contributed by atoms with Gasteiger partial charge in [0.25, 0.3) is 0 Å². The fraction of sp³-hybridized carbons (Fsp3) is 1.00. The van der Waals surface area contributed by atoms with Gasteiger partial charge in [0.15, 0.2) is 0 Å². The molecule has 0 fully saturated rings. The molecule has 0 aliphatic carbocycles. The second-order valence-corrected chi connectivity index (χ2v) is 9.43. The van der Waals surface area contributed by atoms with E-state index in [1.54, 1.807) is 0 Å². The number of hydrogen-bond donors (Lipinski definition) is 2. The van der Waals surface area contributed by atoms with Gasteiger partial charge in [-0.2, -0.15) is 0 Å². The molecule has 2 N–H and O–H groups in total. The molecule has 0 aromatic rings. The lowest BCUT2D eigenvalue weighted by Crippen LogP contribution is -2.45. The van der Waals surface area contributed by atoms with Crippen molar-refractivity contribution in [2.24, 2.45) is 0 Å². The molecule has 0 saturated heterocycles. The van der Waals surface area contributed by atoms with Crippen LogP contribution in [0.15, 0.2) is 0 Å². The second kappa shape index (κ2) is 19.3. The minimum atomic E-state index is -2.44. The maximum atomic E-state index is 9.38. The normalized spacial score (nSPS) is 13.2. The van der Waals surface area contributed by atoms with Gasteiger partial charge in [0.2, 0.25) is 6.41 Å². The van der Waals surface area contributed by atoms with Gasteiger partial charge in [-0.05, 0) is 40.2 Å². The van der Waals surface area contributed by atoms with Gasteiger partial charge in [-0.1, -0.05) is 51.9 Å². The molecule has 0 bridgehead atoms. The predicted molar refractivity (Wildman–Crippen MR) is 113 cm³/mol. The molecule has 0 aromatic carbocycles. The predicted octanol–water partition coefficient (Wildman–Crippen LogP) is 4.45. The Hall–Kier alpha value is -0.0231. The van der Waals surface area contributed by atoms with E-state index in [0.717, 1.165) is 18.9 Å². The molecule has 0 saturated carbocycles. The van der Waals surface area contributed by atoms with Crippen molar-refractivity contribution in [3.05, 3.63) is 0 Å². The van der Waals surface area contributed by atoms with Crippen LogP contribution in [0.2, 0.25) is 6.04 Å². The molecule has 0 amide bonds. The summed E-state index contributed by atoms with van der Waals surface area (Å²) in [5.41, 5.74) is 0. The van der Waals surface area contributed by atoms with Crippen molar-refractivity contribution < 1.29 is 23.1 Å². The first kappa shape index (κ1) is 27.0. The Morgan fingerprint density at radius 1 is 0.704 bits per heavy atom. The van der Waals surface area contributed by atoms with Gasteiger partial charge in [0, 0.05) is 25.9 Å². The summed E-state index contributed by atoms with van der Waals surface area (Å²) in [4.78, 5) is 0.